The van der Waals surface area contributed by atoms with E-state index < -0.39 is 34.2 Å². The summed E-state index contributed by atoms with van der Waals surface area (Å²) in [6.45, 7) is 3.33. The van der Waals surface area contributed by atoms with Crippen molar-refractivity contribution in [1.82, 2.24) is 19.4 Å². The van der Waals surface area contributed by atoms with Gasteiger partial charge in [-0.25, -0.2) is 8.42 Å². The van der Waals surface area contributed by atoms with Crippen molar-refractivity contribution in [3.8, 4) is 0 Å². The van der Waals surface area contributed by atoms with E-state index in [1.54, 1.807) is 29.2 Å². The molecule has 13 heteroatoms. The number of sulfonamides is 1. The summed E-state index contributed by atoms with van der Waals surface area (Å²) >= 11 is 18.6. The van der Waals surface area contributed by atoms with Gasteiger partial charge in [0.2, 0.25) is 27.7 Å². The summed E-state index contributed by atoms with van der Waals surface area (Å²) in [5.74, 6) is -1.33. The highest BCUT2D eigenvalue weighted by Crippen LogP contribution is 2.36. The zero-order valence-electron chi connectivity index (χ0n) is 21.9. The predicted molar refractivity (Wildman–Crippen MR) is 151 cm³/mol. The molecule has 0 aromatic heterocycles. The fraction of sp³-hybridized carbons (Fsp3) is 0.444. The molecule has 9 nitrogen and oxygen atoms in total. The van der Waals surface area contributed by atoms with Crippen molar-refractivity contribution < 1.29 is 22.8 Å². The van der Waals surface area contributed by atoms with E-state index in [-0.39, 0.29) is 58.2 Å². The zero-order valence-corrected chi connectivity index (χ0v) is 25.0. The highest BCUT2D eigenvalue weighted by atomic mass is 35.5. The van der Waals surface area contributed by atoms with Crippen LogP contribution in [0.15, 0.2) is 47.4 Å². The third-order valence-electron chi connectivity index (χ3n) is 7.52. The number of rotatable bonds is 7. The van der Waals surface area contributed by atoms with E-state index >= 15 is 0 Å². The van der Waals surface area contributed by atoms with Gasteiger partial charge in [0, 0.05) is 35.0 Å². The van der Waals surface area contributed by atoms with Crippen molar-refractivity contribution in [2.45, 2.75) is 62.3 Å². The Morgan fingerprint density at radius 3 is 2.33 bits per heavy atom. The third-order valence-corrected chi connectivity index (χ3v) is 10.3. The molecular weight excluding hydrogens is 599 g/mol. The molecule has 3 atom stereocenters. The van der Waals surface area contributed by atoms with Crippen LogP contribution in [0.1, 0.15) is 32.3 Å². The number of carbonyl (C=O) groups excluding carboxylic acids is 3. The smallest absolute Gasteiger partial charge is 0.248 e. The first-order valence-electron chi connectivity index (χ1n) is 13.0. The van der Waals surface area contributed by atoms with Gasteiger partial charge in [-0.3, -0.25) is 14.4 Å². The van der Waals surface area contributed by atoms with Crippen molar-refractivity contribution in [3.05, 3.63) is 63.1 Å². The number of piperazine rings is 1. The van der Waals surface area contributed by atoms with Crippen LogP contribution in [0.25, 0.3) is 0 Å². The fourth-order valence-corrected chi connectivity index (χ4v) is 7.86. The standard InChI is InChI=1S/C27H29Cl3N4O5S/c1-15(2)32-14-24-33(40(38,39)23-9-8-19(29)12-20(23)30)13-21(31-25(35)17-6-7-17)26(36)34(24)22(27(32)37)11-16-4-3-5-18(28)10-16/h3-5,8-10,12,15,17,21-22,24H,6-7,11,13-14H2,1-2H3,(H,31,35). The molecule has 2 aromatic rings. The minimum atomic E-state index is -4.31. The summed E-state index contributed by atoms with van der Waals surface area (Å²) in [7, 11) is -4.31. The summed E-state index contributed by atoms with van der Waals surface area (Å²) in [4.78, 5) is 43.3. The maximum Gasteiger partial charge on any atom is 0.248 e. The Morgan fingerprint density at radius 2 is 1.70 bits per heavy atom. The van der Waals surface area contributed by atoms with Crippen LogP contribution in [0.5, 0.6) is 0 Å². The van der Waals surface area contributed by atoms with Gasteiger partial charge >= 0.3 is 0 Å². The number of nitrogens with one attached hydrogen (secondary N) is 1. The molecule has 0 bridgehead atoms. The molecule has 1 N–H and O–H groups in total. The number of benzene rings is 2. The number of amides is 3. The molecule has 2 aliphatic heterocycles. The first-order chi connectivity index (χ1) is 18.9. The van der Waals surface area contributed by atoms with E-state index in [0.717, 1.165) is 0 Å². The van der Waals surface area contributed by atoms with Crippen molar-refractivity contribution in [1.29, 1.82) is 0 Å². The van der Waals surface area contributed by atoms with Crippen LogP contribution in [0.2, 0.25) is 15.1 Å². The molecule has 0 spiro atoms. The van der Waals surface area contributed by atoms with Crippen LogP contribution in [0.4, 0.5) is 0 Å². The minimum absolute atomic E-state index is 0.0397. The predicted octanol–water partition coefficient (Wildman–Crippen LogP) is 3.56. The van der Waals surface area contributed by atoms with Crippen LogP contribution in [0.3, 0.4) is 0 Å². The van der Waals surface area contributed by atoms with Gasteiger partial charge in [-0.1, -0.05) is 46.9 Å². The molecule has 214 valence electrons. The lowest BCUT2D eigenvalue weighted by molar-refractivity contribution is -0.169. The number of nitrogens with zero attached hydrogens (tertiary/aromatic N) is 3. The van der Waals surface area contributed by atoms with E-state index in [1.165, 1.54) is 27.4 Å². The Morgan fingerprint density at radius 1 is 1.00 bits per heavy atom. The number of hydrogen-bond acceptors (Lipinski definition) is 5. The molecule has 3 unspecified atom stereocenters. The van der Waals surface area contributed by atoms with Gasteiger partial charge in [-0.15, -0.1) is 0 Å². The molecule has 5 rings (SSSR count). The first-order valence-corrected chi connectivity index (χ1v) is 15.6. The van der Waals surface area contributed by atoms with Gasteiger partial charge < -0.3 is 15.1 Å². The van der Waals surface area contributed by atoms with Gasteiger partial charge in [0.1, 0.15) is 23.1 Å². The maximum absolute atomic E-state index is 14.2. The Labute approximate surface area is 248 Å². The molecule has 1 aliphatic carbocycles. The minimum Gasteiger partial charge on any atom is -0.343 e. The molecular formula is C27H29Cl3N4O5S. The lowest BCUT2D eigenvalue weighted by Gasteiger charge is -2.54. The van der Waals surface area contributed by atoms with Gasteiger partial charge in [0.05, 0.1) is 11.6 Å². The van der Waals surface area contributed by atoms with Crippen molar-refractivity contribution in [2.75, 3.05) is 13.1 Å². The summed E-state index contributed by atoms with van der Waals surface area (Å²) in [6.07, 6.45) is 0.508. The number of halogens is 3. The zero-order chi connectivity index (χ0) is 28.9. The van der Waals surface area contributed by atoms with Crippen molar-refractivity contribution in [2.24, 2.45) is 5.92 Å². The normalized spacial score (nSPS) is 23.9. The largest absolute Gasteiger partial charge is 0.343 e. The highest BCUT2D eigenvalue weighted by molar-refractivity contribution is 7.89. The molecule has 40 heavy (non-hydrogen) atoms. The monoisotopic (exact) mass is 626 g/mol. The van der Waals surface area contributed by atoms with Crippen LogP contribution in [-0.4, -0.2) is 77.6 Å². The van der Waals surface area contributed by atoms with E-state index in [0.29, 0.717) is 23.4 Å². The van der Waals surface area contributed by atoms with Crippen molar-refractivity contribution >= 4 is 62.5 Å². The molecule has 1 saturated carbocycles. The molecule has 3 aliphatic rings. The van der Waals surface area contributed by atoms with E-state index in [1.807, 2.05) is 13.8 Å². The lowest BCUT2D eigenvalue weighted by Crippen LogP contribution is -2.76. The molecule has 3 amide bonds. The van der Waals surface area contributed by atoms with Crippen LogP contribution in [-0.2, 0) is 30.8 Å². The van der Waals surface area contributed by atoms with E-state index in [9.17, 15) is 22.8 Å². The quantitative estimate of drug-likeness (QED) is 0.505. The Hall–Kier alpha value is -2.37. The first kappa shape index (κ1) is 29.1. The molecule has 2 aromatic carbocycles. The highest BCUT2D eigenvalue weighted by Gasteiger charge is 2.54. The number of carbonyl (C=O) groups is 3. The second-order valence-electron chi connectivity index (χ2n) is 10.6. The Bertz CT molecular complexity index is 1470. The SMILES string of the molecule is CC(C)N1CC2N(C(=O)C(NC(=O)C3CC3)CN2S(=O)(=O)c2ccc(Cl)cc2Cl)C(Cc2cccc(Cl)c2)C1=O. The maximum atomic E-state index is 14.2. The van der Waals surface area contributed by atoms with E-state index in [4.69, 9.17) is 34.8 Å². The van der Waals surface area contributed by atoms with Crippen LogP contribution < -0.4 is 5.32 Å². The van der Waals surface area contributed by atoms with Gasteiger partial charge in [0.25, 0.3) is 0 Å². The van der Waals surface area contributed by atoms with E-state index in [2.05, 4.69) is 5.32 Å². The fourth-order valence-electron chi connectivity index (χ4n) is 5.31. The average molecular weight is 628 g/mol. The third kappa shape index (κ3) is 5.56. The topological polar surface area (TPSA) is 107 Å². The van der Waals surface area contributed by atoms with Gasteiger partial charge in [-0.2, -0.15) is 4.31 Å². The number of hydrogen-bond donors (Lipinski definition) is 1. The lowest BCUT2D eigenvalue weighted by atomic mass is 9.96. The number of fused-ring (bicyclic) bond motifs is 1. The summed E-state index contributed by atoms with van der Waals surface area (Å²) in [6, 6.07) is 8.57. The van der Waals surface area contributed by atoms with Gasteiger partial charge in [0.15, 0.2) is 0 Å². The summed E-state index contributed by atoms with van der Waals surface area (Å²) < 4.78 is 29.5. The van der Waals surface area contributed by atoms with Crippen molar-refractivity contribution in [3.63, 3.8) is 0 Å². The molecule has 2 heterocycles. The molecule has 0 radical (unpaired) electrons. The summed E-state index contributed by atoms with van der Waals surface area (Å²) in [5, 5.41) is 3.41. The van der Waals surface area contributed by atoms with Crippen LogP contribution >= 0.6 is 34.8 Å². The molecule has 2 saturated heterocycles. The Balaban J connectivity index is 1.61. The second kappa shape index (κ2) is 11.1. The van der Waals surface area contributed by atoms with Gasteiger partial charge in [-0.05, 0) is 62.6 Å². The average Bonchev–Trinajstić information content (AvgIpc) is 3.72. The summed E-state index contributed by atoms with van der Waals surface area (Å²) in [5.41, 5.74) is 0.710. The second-order valence-corrected chi connectivity index (χ2v) is 13.8. The van der Waals surface area contributed by atoms with Crippen LogP contribution in [0, 0.1) is 5.92 Å². The Kier molecular flexibility index (Phi) is 8.11. The molecule has 3 fully saturated rings.